The molecule has 0 fully saturated rings. The SMILES string of the molecule is O=c1oc2ccccc2cc1C1=Nn2c(nnc2-c2ccc3c(c2)OCO3)SC1. The van der Waals surface area contributed by atoms with Crippen LogP contribution in [0.2, 0.25) is 0 Å². The zero-order chi connectivity index (χ0) is 19.4. The van der Waals surface area contributed by atoms with Crippen molar-refractivity contribution in [2.24, 2.45) is 5.10 Å². The zero-order valence-corrected chi connectivity index (χ0v) is 15.7. The molecular formula is C20H12N4O4S. The lowest BCUT2D eigenvalue weighted by molar-refractivity contribution is 0.174. The third-order valence-electron chi connectivity index (χ3n) is 4.75. The number of thioether (sulfide) groups is 1. The lowest BCUT2D eigenvalue weighted by Crippen LogP contribution is -2.20. The summed E-state index contributed by atoms with van der Waals surface area (Å²) in [6, 6.07) is 14.8. The predicted octanol–water partition coefficient (Wildman–Crippen LogP) is 3.14. The number of aromatic nitrogens is 3. The number of hydrogen-bond acceptors (Lipinski definition) is 8. The maximum Gasteiger partial charge on any atom is 0.345 e. The van der Waals surface area contributed by atoms with E-state index in [1.807, 2.05) is 42.5 Å². The first-order valence-corrected chi connectivity index (χ1v) is 9.84. The highest BCUT2D eigenvalue weighted by molar-refractivity contribution is 7.99. The maximum absolute atomic E-state index is 12.5. The van der Waals surface area contributed by atoms with E-state index in [0.29, 0.717) is 45.1 Å². The van der Waals surface area contributed by atoms with Crippen LogP contribution in [0.3, 0.4) is 0 Å². The van der Waals surface area contributed by atoms with Gasteiger partial charge in [-0.05, 0) is 30.3 Å². The van der Waals surface area contributed by atoms with Gasteiger partial charge in [0.2, 0.25) is 11.9 Å². The molecule has 0 aliphatic carbocycles. The van der Waals surface area contributed by atoms with Crippen molar-refractivity contribution in [1.29, 1.82) is 0 Å². The lowest BCUT2D eigenvalue weighted by atomic mass is 10.1. The molecule has 6 rings (SSSR count). The standard InChI is InChI=1S/C20H12N4O4S/c25-19-13(7-11-3-1-2-4-15(11)28-19)14-9-29-20-22-21-18(24(20)23-14)12-5-6-16-17(8-12)27-10-26-16/h1-8H,9-10H2. The number of rotatable bonds is 2. The average Bonchev–Trinajstić information content (AvgIpc) is 3.39. The minimum absolute atomic E-state index is 0.201. The summed E-state index contributed by atoms with van der Waals surface area (Å²) in [4.78, 5) is 12.5. The first-order chi connectivity index (χ1) is 14.3. The van der Waals surface area contributed by atoms with Gasteiger partial charge in [0.05, 0.1) is 11.3 Å². The Hall–Kier alpha value is -3.59. The third-order valence-corrected chi connectivity index (χ3v) is 5.68. The number of para-hydroxylation sites is 1. The van der Waals surface area contributed by atoms with Gasteiger partial charge in [-0.15, -0.1) is 10.2 Å². The van der Waals surface area contributed by atoms with Crippen LogP contribution in [0.4, 0.5) is 0 Å². The molecule has 142 valence electrons. The number of nitrogens with zero attached hydrogens (tertiary/aromatic N) is 4. The second kappa shape index (κ2) is 6.21. The molecule has 2 aliphatic heterocycles. The fourth-order valence-corrected chi connectivity index (χ4v) is 4.17. The molecule has 0 radical (unpaired) electrons. The van der Waals surface area contributed by atoms with Gasteiger partial charge in [-0.2, -0.15) is 9.78 Å². The number of benzene rings is 2. The van der Waals surface area contributed by atoms with E-state index in [4.69, 9.17) is 13.9 Å². The minimum atomic E-state index is -0.413. The van der Waals surface area contributed by atoms with Crippen molar-refractivity contribution >= 4 is 28.4 Å². The molecule has 8 nitrogen and oxygen atoms in total. The minimum Gasteiger partial charge on any atom is -0.454 e. The first-order valence-electron chi connectivity index (χ1n) is 8.86. The number of hydrogen-bond donors (Lipinski definition) is 0. The Morgan fingerprint density at radius 1 is 1.00 bits per heavy atom. The Kier molecular flexibility index (Phi) is 3.51. The Bertz CT molecular complexity index is 1370. The van der Waals surface area contributed by atoms with Crippen LogP contribution in [-0.4, -0.2) is 33.1 Å². The Labute approximate surface area is 167 Å². The molecule has 0 atom stereocenters. The fourth-order valence-electron chi connectivity index (χ4n) is 3.34. The van der Waals surface area contributed by atoms with E-state index < -0.39 is 5.63 Å². The van der Waals surface area contributed by atoms with Crippen molar-refractivity contribution < 1.29 is 13.9 Å². The van der Waals surface area contributed by atoms with Gasteiger partial charge in [0, 0.05) is 16.7 Å². The van der Waals surface area contributed by atoms with Gasteiger partial charge < -0.3 is 13.9 Å². The molecule has 29 heavy (non-hydrogen) atoms. The van der Waals surface area contributed by atoms with Crippen molar-refractivity contribution in [3.8, 4) is 22.9 Å². The van der Waals surface area contributed by atoms with Crippen molar-refractivity contribution in [2.75, 3.05) is 12.5 Å². The van der Waals surface area contributed by atoms with E-state index in [2.05, 4.69) is 15.3 Å². The maximum atomic E-state index is 12.5. The summed E-state index contributed by atoms with van der Waals surface area (Å²) in [6.45, 7) is 0.201. The van der Waals surface area contributed by atoms with Gasteiger partial charge in [0.25, 0.3) is 0 Å². The van der Waals surface area contributed by atoms with Crippen LogP contribution in [0.15, 0.2) is 68.0 Å². The molecule has 0 saturated heterocycles. The van der Waals surface area contributed by atoms with Crippen LogP contribution >= 0.6 is 11.8 Å². The van der Waals surface area contributed by atoms with E-state index >= 15 is 0 Å². The average molecular weight is 404 g/mol. The normalized spacial score (nSPS) is 14.7. The van der Waals surface area contributed by atoms with E-state index in [9.17, 15) is 4.79 Å². The van der Waals surface area contributed by atoms with Gasteiger partial charge in [-0.3, -0.25) is 0 Å². The number of fused-ring (bicyclic) bond motifs is 3. The highest BCUT2D eigenvalue weighted by atomic mass is 32.2. The summed E-state index contributed by atoms with van der Waals surface area (Å²) in [5.41, 5.74) is 1.99. The Balaban J connectivity index is 1.47. The molecule has 0 spiro atoms. The molecule has 2 aromatic heterocycles. The molecule has 4 aromatic rings. The van der Waals surface area contributed by atoms with Crippen LogP contribution in [0, 0.1) is 0 Å². The fraction of sp³-hybridized carbons (Fsp3) is 0.100. The topological polar surface area (TPSA) is 91.7 Å². The molecule has 0 amide bonds. The van der Waals surface area contributed by atoms with E-state index in [0.717, 1.165) is 10.9 Å². The predicted molar refractivity (Wildman–Crippen MR) is 107 cm³/mol. The smallest absolute Gasteiger partial charge is 0.345 e. The first kappa shape index (κ1) is 16.4. The summed E-state index contributed by atoms with van der Waals surface area (Å²) in [7, 11) is 0. The third kappa shape index (κ3) is 2.62. The van der Waals surface area contributed by atoms with Gasteiger partial charge in [0.15, 0.2) is 17.3 Å². The van der Waals surface area contributed by atoms with Crippen LogP contribution < -0.4 is 15.1 Å². The van der Waals surface area contributed by atoms with E-state index in [-0.39, 0.29) is 6.79 Å². The molecule has 2 aliphatic rings. The van der Waals surface area contributed by atoms with Gasteiger partial charge >= 0.3 is 5.63 Å². The molecule has 2 aromatic carbocycles. The Morgan fingerprint density at radius 3 is 2.86 bits per heavy atom. The molecule has 4 heterocycles. The van der Waals surface area contributed by atoms with Gasteiger partial charge in [0.1, 0.15) is 5.58 Å². The van der Waals surface area contributed by atoms with Gasteiger partial charge in [-0.1, -0.05) is 30.0 Å². The Morgan fingerprint density at radius 2 is 1.90 bits per heavy atom. The van der Waals surface area contributed by atoms with E-state index in [1.165, 1.54) is 11.8 Å². The summed E-state index contributed by atoms with van der Waals surface area (Å²) >= 11 is 1.47. The highest BCUT2D eigenvalue weighted by Crippen LogP contribution is 2.36. The summed E-state index contributed by atoms with van der Waals surface area (Å²) in [5, 5.41) is 14.7. The zero-order valence-electron chi connectivity index (χ0n) is 14.9. The second-order valence-corrected chi connectivity index (χ2v) is 7.45. The molecule has 0 unspecified atom stereocenters. The van der Waals surface area contributed by atoms with Crippen LogP contribution in [-0.2, 0) is 0 Å². The van der Waals surface area contributed by atoms with Crippen LogP contribution in [0.25, 0.3) is 22.4 Å². The van der Waals surface area contributed by atoms with Crippen molar-refractivity contribution in [3.05, 3.63) is 64.5 Å². The molecule has 9 heteroatoms. The molecular weight excluding hydrogens is 392 g/mol. The highest BCUT2D eigenvalue weighted by Gasteiger charge is 2.24. The summed E-state index contributed by atoms with van der Waals surface area (Å²) in [6.07, 6.45) is 0. The monoisotopic (exact) mass is 404 g/mol. The molecule has 0 N–H and O–H groups in total. The largest absolute Gasteiger partial charge is 0.454 e. The van der Waals surface area contributed by atoms with Crippen LogP contribution in [0.1, 0.15) is 5.56 Å². The number of ether oxygens (including phenoxy) is 2. The van der Waals surface area contributed by atoms with Crippen LogP contribution in [0.5, 0.6) is 11.5 Å². The molecule has 0 bridgehead atoms. The molecule has 0 saturated carbocycles. The van der Waals surface area contributed by atoms with Gasteiger partial charge in [-0.25, -0.2) is 4.79 Å². The van der Waals surface area contributed by atoms with Crippen molar-refractivity contribution in [1.82, 2.24) is 14.9 Å². The quantitative estimate of drug-likeness (QED) is 0.474. The van der Waals surface area contributed by atoms with Crippen molar-refractivity contribution in [2.45, 2.75) is 5.16 Å². The lowest BCUT2D eigenvalue weighted by Gasteiger charge is -2.13. The van der Waals surface area contributed by atoms with E-state index in [1.54, 1.807) is 10.7 Å². The summed E-state index contributed by atoms with van der Waals surface area (Å²) < 4.78 is 17.9. The summed E-state index contributed by atoms with van der Waals surface area (Å²) in [5.74, 6) is 2.41. The van der Waals surface area contributed by atoms with Crippen molar-refractivity contribution in [3.63, 3.8) is 0 Å². The second-order valence-electron chi connectivity index (χ2n) is 6.51.